The first kappa shape index (κ1) is 10.8. The molecular weight excluding hydrogens is 206 g/mol. The van der Waals surface area contributed by atoms with Gasteiger partial charge in [0.05, 0.1) is 11.5 Å². The Morgan fingerprint density at radius 3 is 3.20 bits per heavy atom. The van der Waals surface area contributed by atoms with Crippen molar-refractivity contribution in [3.8, 4) is 5.75 Å². The van der Waals surface area contributed by atoms with Crippen molar-refractivity contribution in [1.29, 1.82) is 0 Å². The third-order valence-electron chi connectivity index (χ3n) is 2.50. The maximum Gasteiger partial charge on any atom is 0.133 e. The van der Waals surface area contributed by atoms with Crippen LogP contribution in [0.4, 0.5) is 0 Å². The van der Waals surface area contributed by atoms with Gasteiger partial charge in [0.2, 0.25) is 0 Å². The van der Waals surface area contributed by atoms with Gasteiger partial charge in [-0.05, 0) is 43.2 Å². The Bertz CT molecular complexity index is 327. The Kier molecular flexibility index (Phi) is 3.92. The largest absolute Gasteiger partial charge is 0.492 e. The summed E-state index contributed by atoms with van der Waals surface area (Å²) in [5.74, 6) is 2.26. The average molecular weight is 223 g/mol. The zero-order valence-electron chi connectivity index (χ0n) is 8.87. The van der Waals surface area contributed by atoms with Crippen LogP contribution < -0.4 is 10.5 Å². The minimum atomic E-state index is 0.697. The molecule has 15 heavy (non-hydrogen) atoms. The van der Waals surface area contributed by atoms with Crippen molar-refractivity contribution < 1.29 is 4.74 Å². The molecule has 0 saturated carbocycles. The van der Waals surface area contributed by atoms with Crippen molar-refractivity contribution in [2.75, 3.05) is 18.9 Å². The van der Waals surface area contributed by atoms with E-state index in [2.05, 4.69) is 18.2 Å². The molecule has 0 radical (unpaired) electrons. The first-order valence-electron chi connectivity index (χ1n) is 5.49. The van der Waals surface area contributed by atoms with E-state index in [4.69, 9.17) is 10.5 Å². The van der Waals surface area contributed by atoms with Crippen molar-refractivity contribution in [2.45, 2.75) is 24.2 Å². The van der Waals surface area contributed by atoms with E-state index in [9.17, 15) is 0 Å². The van der Waals surface area contributed by atoms with Crippen LogP contribution in [0.3, 0.4) is 0 Å². The van der Waals surface area contributed by atoms with Gasteiger partial charge in [-0.15, -0.1) is 11.8 Å². The molecule has 0 atom stereocenters. The summed E-state index contributed by atoms with van der Waals surface area (Å²) < 4.78 is 5.74. The predicted octanol–water partition coefficient (Wildman–Crippen LogP) is 2.45. The van der Waals surface area contributed by atoms with Crippen LogP contribution in [0.5, 0.6) is 5.75 Å². The van der Waals surface area contributed by atoms with E-state index >= 15 is 0 Å². The second kappa shape index (κ2) is 5.42. The van der Waals surface area contributed by atoms with Gasteiger partial charge >= 0.3 is 0 Å². The topological polar surface area (TPSA) is 35.2 Å². The van der Waals surface area contributed by atoms with E-state index in [0.717, 1.165) is 18.8 Å². The van der Waals surface area contributed by atoms with Gasteiger partial charge in [-0.25, -0.2) is 0 Å². The maximum absolute atomic E-state index is 5.74. The van der Waals surface area contributed by atoms with Crippen molar-refractivity contribution in [3.63, 3.8) is 0 Å². The van der Waals surface area contributed by atoms with Crippen LogP contribution in [-0.2, 0) is 6.42 Å². The summed E-state index contributed by atoms with van der Waals surface area (Å²) in [5.41, 5.74) is 6.89. The Balaban J connectivity index is 2.09. The molecule has 1 aromatic rings. The van der Waals surface area contributed by atoms with E-state index in [1.54, 1.807) is 0 Å². The number of ether oxygens (including phenoxy) is 1. The number of hydrogen-bond acceptors (Lipinski definition) is 3. The quantitative estimate of drug-likeness (QED) is 0.796. The molecule has 2 rings (SSSR count). The molecule has 2 nitrogen and oxygen atoms in total. The number of aryl methyl sites for hydroxylation is 1. The normalized spacial score (nSPS) is 14.7. The van der Waals surface area contributed by atoms with Crippen LogP contribution in [0.15, 0.2) is 23.1 Å². The van der Waals surface area contributed by atoms with Crippen LogP contribution >= 0.6 is 11.8 Å². The second-order valence-electron chi connectivity index (χ2n) is 3.69. The third-order valence-corrected chi connectivity index (χ3v) is 3.75. The van der Waals surface area contributed by atoms with Crippen molar-refractivity contribution >= 4 is 11.8 Å². The summed E-state index contributed by atoms with van der Waals surface area (Å²) in [6, 6.07) is 6.35. The summed E-state index contributed by atoms with van der Waals surface area (Å²) in [7, 11) is 0. The SMILES string of the molecule is NCCCOc1cccc2c1SCCC2. The Labute approximate surface area is 95.2 Å². The molecule has 0 unspecified atom stereocenters. The number of fused-ring (bicyclic) bond motifs is 1. The molecule has 0 aromatic heterocycles. The highest BCUT2D eigenvalue weighted by Crippen LogP contribution is 2.37. The van der Waals surface area contributed by atoms with Gasteiger partial charge < -0.3 is 10.5 Å². The summed E-state index contributed by atoms with van der Waals surface area (Å²) >= 11 is 1.92. The molecule has 1 aromatic carbocycles. The smallest absolute Gasteiger partial charge is 0.133 e. The number of benzene rings is 1. The molecule has 1 aliphatic rings. The lowest BCUT2D eigenvalue weighted by molar-refractivity contribution is 0.305. The highest BCUT2D eigenvalue weighted by atomic mass is 32.2. The first-order valence-corrected chi connectivity index (χ1v) is 6.48. The zero-order chi connectivity index (χ0) is 10.5. The van der Waals surface area contributed by atoms with Crippen molar-refractivity contribution in [1.82, 2.24) is 0 Å². The number of rotatable bonds is 4. The number of thioether (sulfide) groups is 1. The van der Waals surface area contributed by atoms with Crippen molar-refractivity contribution in [2.24, 2.45) is 5.73 Å². The van der Waals surface area contributed by atoms with E-state index in [1.807, 2.05) is 11.8 Å². The molecule has 3 heteroatoms. The van der Waals surface area contributed by atoms with E-state index in [-0.39, 0.29) is 0 Å². The lowest BCUT2D eigenvalue weighted by atomic mass is 10.1. The molecule has 2 N–H and O–H groups in total. The van der Waals surface area contributed by atoms with Gasteiger partial charge in [0.25, 0.3) is 0 Å². The molecule has 82 valence electrons. The minimum absolute atomic E-state index is 0.697. The second-order valence-corrected chi connectivity index (χ2v) is 4.79. The van der Waals surface area contributed by atoms with Gasteiger partial charge in [-0.3, -0.25) is 0 Å². The Hall–Kier alpha value is -0.670. The van der Waals surface area contributed by atoms with Crippen LogP contribution in [-0.4, -0.2) is 18.9 Å². The van der Waals surface area contributed by atoms with Crippen LogP contribution in [0.25, 0.3) is 0 Å². The fourth-order valence-electron chi connectivity index (χ4n) is 1.74. The first-order chi connectivity index (χ1) is 7.42. The maximum atomic E-state index is 5.74. The number of hydrogen-bond donors (Lipinski definition) is 1. The lowest BCUT2D eigenvalue weighted by Crippen LogP contribution is -2.08. The Morgan fingerprint density at radius 2 is 2.33 bits per heavy atom. The molecule has 0 saturated heterocycles. The summed E-state index contributed by atoms with van der Waals surface area (Å²) in [4.78, 5) is 1.35. The van der Waals surface area contributed by atoms with Crippen LogP contribution in [0.2, 0.25) is 0 Å². The fourth-order valence-corrected chi connectivity index (χ4v) is 2.86. The fraction of sp³-hybridized carbons (Fsp3) is 0.500. The highest BCUT2D eigenvalue weighted by Gasteiger charge is 2.13. The molecule has 0 aliphatic carbocycles. The summed E-state index contributed by atoms with van der Waals surface area (Å²) in [6.45, 7) is 1.43. The average Bonchev–Trinajstić information content (AvgIpc) is 2.30. The van der Waals surface area contributed by atoms with Gasteiger partial charge in [-0.1, -0.05) is 12.1 Å². The minimum Gasteiger partial charge on any atom is -0.492 e. The molecule has 1 heterocycles. The van der Waals surface area contributed by atoms with Gasteiger partial charge in [0.1, 0.15) is 5.75 Å². The third kappa shape index (κ3) is 2.67. The van der Waals surface area contributed by atoms with Gasteiger partial charge in [0, 0.05) is 0 Å². The number of nitrogens with two attached hydrogens (primary N) is 1. The summed E-state index contributed by atoms with van der Waals surface area (Å²) in [5, 5.41) is 0. The molecule has 0 bridgehead atoms. The zero-order valence-corrected chi connectivity index (χ0v) is 9.69. The predicted molar refractivity (Wildman–Crippen MR) is 64.7 cm³/mol. The van der Waals surface area contributed by atoms with Gasteiger partial charge in [-0.2, -0.15) is 0 Å². The molecular formula is C12H17NOS. The lowest BCUT2D eigenvalue weighted by Gasteiger charge is -2.18. The van der Waals surface area contributed by atoms with Crippen LogP contribution in [0, 0.1) is 0 Å². The van der Waals surface area contributed by atoms with Crippen LogP contribution in [0.1, 0.15) is 18.4 Å². The molecule has 0 amide bonds. The van der Waals surface area contributed by atoms with Gasteiger partial charge in [0.15, 0.2) is 0 Å². The molecule has 1 aliphatic heterocycles. The Morgan fingerprint density at radius 1 is 1.40 bits per heavy atom. The van der Waals surface area contributed by atoms with E-state index in [1.165, 1.54) is 29.1 Å². The molecule has 0 fully saturated rings. The molecule has 0 spiro atoms. The van der Waals surface area contributed by atoms with E-state index in [0.29, 0.717) is 6.54 Å². The summed E-state index contributed by atoms with van der Waals surface area (Å²) in [6.07, 6.45) is 3.40. The van der Waals surface area contributed by atoms with Crippen molar-refractivity contribution in [3.05, 3.63) is 23.8 Å². The standard InChI is InChI=1S/C12H17NOS/c13-7-3-8-14-11-6-1-4-10-5-2-9-15-12(10)11/h1,4,6H,2-3,5,7-9,13H2. The highest BCUT2D eigenvalue weighted by molar-refractivity contribution is 7.99. The van der Waals surface area contributed by atoms with E-state index < -0.39 is 0 Å². The monoisotopic (exact) mass is 223 g/mol.